The van der Waals surface area contributed by atoms with Gasteiger partial charge in [0.15, 0.2) is 0 Å². The second-order valence-electron chi connectivity index (χ2n) is 3.08. The summed E-state index contributed by atoms with van der Waals surface area (Å²) in [6.45, 7) is 5.48. The topological polar surface area (TPSA) is 64.3 Å². The van der Waals surface area contributed by atoms with Crippen LogP contribution in [0.1, 0.15) is 20.8 Å². The molecule has 64 valence electrons. The van der Waals surface area contributed by atoms with E-state index in [2.05, 4.69) is 22.3 Å². The molecule has 0 heterocycles. The molecule has 3 N–H and O–H groups in total. The molecule has 0 saturated heterocycles. The Balaban J connectivity index is 3.80. The number of amides is 1. The quantitative estimate of drug-likeness (QED) is 0.535. The summed E-state index contributed by atoms with van der Waals surface area (Å²) in [5.41, 5.74) is 4.63. The third-order valence-electron chi connectivity index (χ3n) is 0.670. The summed E-state index contributed by atoms with van der Waals surface area (Å²) >= 11 is 4.36. The second-order valence-corrected chi connectivity index (χ2v) is 3.49. The number of nitrogens with one attached hydrogen (secondary N) is 1. The SMILES string of the molecule is CC(C)(C)NC(=O)OC(N)=S. The smallest absolute Gasteiger partial charge is 0.383 e. The van der Waals surface area contributed by atoms with Crippen LogP contribution in [0.4, 0.5) is 4.79 Å². The van der Waals surface area contributed by atoms with Crippen LogP contribution in [0.3, 0.4) is 0 Å². The Morgan fingerprint density at radius 1 is 1.55 bits per heavy atom. The first-order chi connectivity index (χ1) is 4.81. The molecule has 4 nitrogen and oxygen atoms in total. The van der Waals surface area contributed by atoms with E-state index in [1.807, 2.05) is 20.8 Å². The monoisotopic (exact) mass is 176 g/mol. The van der Waals surface area contributed by atoms with Crippen molar-refractivity contribution in [2.75, 3.05) is 0 Å². The number of carbonyl (C=O) groups excluding carboxylic acids is 1. The van der Waals surface area contributed by atoms with Crippen LogP contribution in [0.25, 0.3) is 0 Å². The lowest BCUT2D eigenvalue weighted by atomic mass is 10.1. The number of ether oxygens (including phenoxy) is 1. The fourth-order valence-electron chi connectivity index (χ4n) is 0.423. The summed E-state index contributed by atoms with van der Waals surface area (Å²) in [7, 11) is 0. The maximum Gasteiger partial charge on any atom is 0.414 e. The molecule has 11 heavy (non-hydrogen) atoms. The van der Waals surface area contributed by atoms with Gasteiger partial charge in [0.2, 0.25) is 0 Å². The van der Waals surface area contributed by atoms with Gasteiger partial charge in [-0.05, 0) is 33.0 Å². The third-order valence-corrected chi connectivity index (χ3v) is 0.754. The number of hydrogen-bond acceptors (Lipinski definition) is 3. The van der Waals surface area contributed by atoms with Gasteiger partial charge in [0.05, 0.1) is 0 Å². The van der Waals surface area contributed by atoms with Crippen molar-refractivity contribution in [3.05, 3.63) is 0 Å². The zero-order valence-corrected chi connectivity index (χ0v) is 7.62. The van der Waals surface area contributed by atoms with E-state index < -0.39 is 6.09 Å². The molecule has 0 fully saturated rings. The summed E-state index contributed by atoms with van der Waals surface area (Å²) in [6, 6.07) is 0. The molecule has 0 radical (unpaired) electrons. The van der Waals surface area contributed by atoms with Gasteiger partial charge in [0.1, 0.15) is 0 Å². The van der Waals surface area contributed by atoms with Crippen LogP contribution in [0.5, 0.6) is 0 Å². The molecule has 0 aliphatic heterocycles. The predicted octanol–water partition coefficient (Wildman–Crippen LogP) is 0.755. The first-order valence-corrected chi connectivity index (χ1v) is 3.51. The fraction of sp³-hybridized carbons (Fsp3) is 0.667. The molecule has 0 aliphatic carbocycles. The highest BCUT2D eigenvalue weighted by atomic mass is 32.1. The van der Waals surface area contributed by atoms with Gasteiger partial charge in [-0.15, -0.1) is 0 Å². The van der Waals surface area contributed by atoms with Gasteiger partial charge in [-0.25, -0.2) is 4.79 Å². The predicted molar refractivity (Wildman–Crippen MR) is 46.2 cm³/mol. The van der Waals surface area contributed by atoms with E-state index in [-0.39, 0.29) is 10.7 Å². The number of hydrogen-bond donors (Lipinski definition) is 2. The van der Waals surface area contributed by atoms with Gasteiger partial charge in [-0.3, -0.25) is 0 Å². The molecule has 0 rings (SSSR count). The van der Waals surface area contributed by atoms with Gasteiger partial charge < -0.3 is 15.8 Å². The Morgan fingerprint density at radius 3 is 2.27 bits per heavy atom. The van der Waals surface area contributed by atoms with Crippen molar-refractivity contribution in [2.24, 2.45) is 5.73 Å². The van der Waals surface area contributed by atoms with Crippen LogP contribution in [0.15, 0.2) is 0 Å². The van der Waals surface area contributed by atoms with E-state index in [0.29, 0.717) is 0 Å². The minimum atomic E-state index is -0.620. The van der Waals surface area contributed by atoms with Crippen LogP contribution in [0, 0.1) is 0 Å². The number of rotatable bonds is 0. The molecule has 0 unspecified atom stereocenters. The van der Waals surface area contributed by atoms with E-state index in [1.54, 1.807) is 0 Å². The minimum absolute atomic E-state index is 0.272. The molecule has 1 amide bonds. The Kier molecular flexibility index (Phi) is 3.25. The molecule has 0 bridgehead atoms. The molecule has 0 aliphatic rings. The molecule has 0 spiro atoms. The highest BCUT2D eigenvalue weighted by Crippen LogP contribution is 1.98. The fourth-order valence-corrected chi connectivity index (χ4v) is 0.499. The largest absolute Gasteiger partial charge is 0.414 e. The molecule has 0 aromatic rings. The maximum atomic E-state index is 10.8. The van der Waals surface area contributed by atoms with E-state index in [1.165, 1.54) is 0 Å². The Bertz CT molecular complexity index is 174. The lowest BCUT2D eigenvalue weighted by Gasteiger charge is -2.19. The van der Waals surface area contributed by atoms with Crippen LogP contribution >= 0.6 is 12.2 Å². The van der Waals surface area contributed by atoms with E-state index in [9.17, 15) is 4.79 Å². The summed E-state index contributed by atoms with van der Waals surface area (Å²) in [6.07, 6.45) is -0.620. The summed E-state index contributed by atoms with van der Waals surface area (Å²) in [5.74, 6) is 0. The molecule has 0 aromatic heterocycles. The van der Waals surface area contributed by atoms with Crippen molar-refractivity contribution in [2.45, 2.75) is 26.3 Å². The summed E-state index contributed by atoms with van der Waals surface area (Å²) in [5, 5.41) is 2.25. The van der Waals surface area contributed by atoms with E-state index in [4.69, 9.17) is 5.73 Å². The molecule has 0 saturated carbocycles. The highest BCUT2D eigenvalue weighted by molar-refractivity contribution is 7.80. The van der Waals surface area contributed by atoms with Gasteiger partial charge in [0, 0.05) is 5.54 Å². The number of carbonyl (C=O) groups is 1. The molecular formula is C6H12N2O2S. The average Bonchev–Trinajstić information content (AvgIpc) is 1.53. The summed E-state index contributed by atoms with van der Waals surface area (Å²) < 4.78 is 4.39. The van der Waals surface area contributed by atoms with Gasteiger partial charge in [0.25, 0.3) is 5.17 Å². The van der Waals surface area contributed by atoms with Gasteiger partial charge >= 0.3 is 6.09 Å². The number of nitrogens with two attached hydrogens (primary N) is 1. The molecule has 0 atom stereocenters. The molecular weight excluding hydrogens is 164 g/mol. The maximum absolute atomic E-state index is 10.8. The average molecular weight is 176 g/mol. The first kappa shape index (κ1) is 10.2. The molecule has 0 aromatic carbocycles. The van der Waals surface area contributed by atoms with Crippen molar-refractivity contribution in [3.63, 3.8) is 0 Å². The van der Waals surface area contributed by atoms with Gasteiger partial charge in [-0.2, -0.15) is 0 Å². The van der Waals surface area contributed by atoms with Gasteiger partial charge in [-0.1, -0.05) is 0 Å². The standard InChI is InChI=1S/C6H12N2O2S/c1-6(2,3)8-5(9)10-4(7)11/h1-3H3,(H2,7,11)(H,8,9). The van der Waals surface area contributed by atoms with E-state index in [0.717, 1.165) is 0 Å². The van der Waals surface area contributed by atoms with Crippen molar-refractivity contribution in [1.29, 1.82) is 0 Å². The summed E-state index contributed by atoms with van der Waals surface area (Å²) in [4.78, 5) is 10.8. The minimum Gasteiger partial charge on any atom is -0.383 e. The third kappa shape index (κ3) is 7.05. The van der Waals surface area contributed by atoms with Crippen LogP contribution in [-0.4, -0.2) is 16.8 Å². The lowest BCUT2D eigenvalue weighted by Crippen LogP contribution is -2.42. The lowest BCUT2D eigenvalue weighted by molar-refractivity contribution is 0.188. The molecule has 5 heteroatoms. The van der Waals surface area contributed by atoms with Crippen LogP contribution in [-0.2, 0) is 4.74 Å². The van der Waals surface area contributed by atoms with Crippen molar-refractivity contribution in [3.8, 4) is 0 Å². The van der Waals surface area contributed by atoms with E-state index >= 15 is 0 Å². The normalized spacial score (nSPS) is 10.5. The van der Waals surface area contributed by atoms with Crippen molar-refractivity contribution >= 4 is 23.5 Å². The van der Waals surface area contributed by atoms with Crippen LogP contribution in [0.2, 0.25) is 0 Å². The second kappa shape index (κ2) is 3.52. The van der Waals surface area contributed by atoms with Crippen LogP contribution < -0.4 is 11.1 Å². The number of alkyl carbamates (subject to hydrolysis) is 1. The highest BCUT2D eigenvalue weighted by Gasteiger charge is 2.14. The Hall–Kier alpha value is -0.840. The van der Waals surface area contributed by atoms with Crippen molar-refractivity contribution < 1.29 is 9.53 Å². The Labute approximate surface area is 71.1 Å². The first-order valence-electron chi connectivity index (χ1n) is 3.11. The zero-order valence-electron chi connectivity index (χ0n) is 6.80. The Morgan fingerprint density at radius 2 is 2.00 bits per heavy atom. The zero-order chi connectivity index (χ0) is 9.07. The van der Waals surface area contributed by atoms with Crippen molar-refractivity contribution in [1.82, 2.24) is 5.32 Å². The number of thiocarbonyl (C=S) groups is 1.